The molecule has 0 spiro atoms. The Balaban J connectivity index is 0.000000291. The number of hydrogen-bond donors (Lipinski definition) is 3. The fourth-order valence-electron chi connectivity index (χ4n) is 3.55. The number of aliphatic hydroxyl groups excluding tert-OH is 1. The van der Waals surface area contributed by atoms with Crippen molar-refractivity contribution in [1.82, 2.24) is 4.90 Å². The van der Waals surface area contributed by atoms with Gasteiger partial charge in [0, 0.05) is 28.7 Å². The fraction of sp³-hybridized carbons (Fsp3) is 0.200. The summed E-state index contributed by atoms with van der Waals surface area (Å²) in [5.41, 5.74) is 13.5. The van der Waals surface area contributed by atoms with Crippen LogP contribution in [0.4, 0.5) is 0 Å². The van der Waals surface area contributed by atoms with E-state index >= 15 is 0 Å². The zero-order chi connectivity index (χ0) is 24.2. The van der Waals surface area contributed by atoms with Gasteiger partial charge in [-0.15, -0.1) is 0 Å². The van der Waals surface area contributed by atoms with E-state index in [1.807, 2.05) is 60.7 Å². The number of halogens is 2. The highest BCUT2D eigenvalue weighted by molar-refractivity contribution is 6.35. The van der Waals surface area contributed by atoms with Crippen LogP contribution in [0.3, 0.4) is 0 Å². The quantitative estimate of drug-likeness (QED) is 0.483. The molecule has 0 fully saturated rings. The summed E-state index contributed by atoms with van der Waals surface area (Å²) < 4.78 is 0. The maximum Gasteiger partial charge on any atom is 0.254 e. The summed E-state index contributed by atoms with van der Waals surface area (Å²) in [6, 6.07) is 22.5. The minimum absolute atomic E-state index is 0.00307. The van der Waals surface area contributed by atoms with Crippen LogP contribution in [0.2, 0.25) is 10.0 Å². The summed E-state index contributed by atoms with van der Waals surface area (Å²) in [6.07, 6.45) is 0.975. The first-order valence-corrected chi connectivity index (χ1v) is 11.1. The number of carbonyl (C=O) groups excluding carboxylic acids is 2. The molecule has 0 saturated heterocycles. The number of amides is 2. The second-order valence-corrected chi connectivity index (χ2v) is 7.95. The van der Waals surface area contributed by atoms with Crippen LogP contribution in [0.1, 0.15) is 33.1 Å². The van der Waals surface area contributed by atoms with Crippen molar-refractivity contribution in [2.24, 2.45) is 11.5 Å². The minimum atomic E-state index is -0.115. The van der Waals surface area contributed by atoms with Gasteiger partial charge in [-0.05, 0) is 41.3 Å². The Bertz CT molecular complexity index is 1050. The molecule has 8 heteroatoms. The lowest BCUT2D eigenvalue weighted by molar-refractivity contribution is -0.106. The van der Waals surface area contributed by atoms with E-state index in [0.29, 0.717) is 23.1 Å². The summed E-state index contributed by atoms with van der Waals surface area (Å²) in [5, 5.41) is 9.70. The smallest absolute Gasteiger partial charge is 0.254 e. The van der Waals surface area contributed by atoms with Crippen molar-refractivity contribution in [3.8, 4) is 0 Å². The highest BCUT2D eigenvalue weighted by Crippen LogP contribution is 2.36. The Morgan fingerprint density at radius 2 is 1.67 bits per heavy atom. The summed E-state index contributed by atoms with van der Waals surface area (Å²) in [4.78, 5) is 23.2. The molecule has 3 aromatic carbocycles. The molecule has 3 aromatic rings. The number of benzene rings is 3. The molecule has 6 nitrogen and oxygen atoms in total. The van der Waals surface area contributed by atoms with Gasteiger partial charge in [-0.1, -0.05) is 77.8 Å². The molecule has 174 valence electrons. The number of nitrogens with two attached hydrogens (primary N) is 2. The predicted octanol–water partition coefficient (Wildman–Crippen LogP) is 3.97. The number of carbonyl (C=O) groups is 2. The normalized spacial score (nSPS) is 14.2. The average molecular weight is 488 g/mol. The summed E-state index contributed by atoms with van der Waals surface area (Å²) >= 11 is 12.3. The highest BCUT2D eigenvalue weighted by atomic mass is 35.5. The lowest BCUT2D eigenvalue weighted by Crippen LogP contribution is -2.43. The Morgan fingerprint density at radius 3 is 2.24 bits per heavy atom. The van der Waals surface area contributed by atoms with Gasteiger partial charge >= 0.3 is 0 Å². The van der Waals surface area contributed by atoms with Crippen LogP contribution in [-0.2, 0) is 17.8 Å². The topological polar surface area (TPSA) is 110 Å². The van der Waals surface area contributed by atoms with Gasteiger partial charge < -0.3 is 21.5 Å². The third-order valence-corrected chi connectivity index (χ3v) is 5.58. The molecule has 0 bridgehead atoms. The standard InChI is InChI=1S/C17H16Cl2N2O.C7H8O.CH3NO/c18-12-5-6-14(15(19)10-12)16-9-11-3-1-2-4-13(11)17(22)21(16)8-7-20;8-6-7-4-2-1-3-5-7;2-1-3/h1-6,10,16H,7-9,20H2;1-5,8H,6H2;1H,(H2,2,3). The average Bonchev–Trinajstić information content (AvgIpc) is 2.82. The SMILES string of the molecule is NC=O.NCCN1C(=O)c2ccccc2CC1c1ccc(Cl)cc1Cl.OCc1ccccc1. The van der Waals surface area contributed by atoms with Gasteiger partial charge in [0.15, 0.2) is 0 Å². The van der Waals surface area contributed by atoms with Crippen LogP contribution in [0, 0.1) is 0 Å². The van der Waals surface area contributed by atoms with Gasteiger partial charge in [0.25, 0.3) is 5.91 Å². The zero-order valence-electron chi connectivity index (χ0n) is 18.0. The molecule has 1 unspecified atom stereocenters. The largest absolute Gasteiger partial charge is 0.392 e. The Morgan fingerprint density at radius 1 is 1.03 bits per heavy atom. The first kappa shape index (κ1) is 26.4. The van der Waals surface area contributed by atoms with Crippen LogP contribution in [0.5, 0.6) is 0 Å². The van der Waals surface area contributed by atoms with Gasteiger partial charge in [-0.3, -0.25) is 9.59 Å². The van der Waals surface area contributed by atoms with E-state index in [1.54, 1.807) is 17.0 Å². The monoisotopic (exact) mass is 487 g/mol. The summed E-state index contributed by atoms with van der Waals surface area (Å²) in [6.45, 7) is 1.05. The van der Waals surface area contributed by atoms with Crippen molar-refractivity contribution >= 4 is 35.5 Å². The van der Waals surface area contributed by atoms with Crippen molar-refractivity contribution in [2.45, 2.75) is 19.1 Å². The van der Waals surface area contributed by atoms with Crippen molar-refractivity contribution in [3.05, 3.63) is 105 Å². The first-order valence-electron chi connectivity index (χ1n) is 10.3. The van der Waals surface area contributed by atoms with Gasteiger partial charge in [-0.25, -0.2) is 0 Å². The van der Waals surface area contributed by atoms with E-state index < -0.39 is 0 Å². The minimum Gasteiger partial charge on any atom is -0.392 e. The van der Waals surface area contributed by atoms with Crippen LogP contribution < -0.4 is 11.5 Å². The van der Waals surface area contributed by atoms with E-state index in [4.69, 9.17) is 38.8 Å². The third kappa shape index (κ3) is 7.30. The number of fused-ring (bicyclic) bond motifs is 1. The maximum absolute atomic E-state index is 12.8. The number of hydrogen-bond acceptors (Lipinski definition) is 4. The number of nitrogens with zero attached hydrogens (tertiary/aromatic N) is 1. The Kier molecular flexibility index (Phi) is 10.9. The van der Waals surface area contributed by atoms with Crippen molar-refractivity contribution in [1.29, 1.82) is 0 Å². The molecule has 33 heavy (non-hydrogen) atoms. The van der Waals surface area contributed by atoms with Gasteiger partial charge in [0.1, 0.15) is 0 Å². The molecular formula is C25H27Cl2N3O3. The summed E-state index contributed by atoms with van der Waals surface area (Å²) in [7, 11) is 0. The van der Waals surface area contributed by atoms with E-state index in [9.17, 15) is 4.79 Å². The van der Waals surface area contributed by atoms with Crippen LogP contribution in [0.15, 0.2) is 72.8 Å². The lowest BCUT2D eigenvalue weighted by Gasteiger charge is -2.37. The van der Waals surface area contributed by atoms with Crippen molar-refractivity contribution in [3.63, 3.8) is 0 Å². The molecular weight excluding hydrogens is 461 g/mol. The molecule has 0 aliphatic carbocycles. The van der Waals surface area contributed by atoms with Crippen LogP contribution in [0.25, 0.3) is 0 Å². The second-order valence-electron chi connectivity index (χ2n) is 7.11. The fourth-order valence-corrected chi connectivity index (χ4v) is 4.09. The Labute approximate surface area is 203 Å². The zero-order valence-corrected chi connectivity index (χ0v) is 19.5. The van der Waals surface area contributed by atoms with Crippen LogP contribution >= 0.6 is 23.2 Å². The third-order valence-electron chi connectivity index (χ3n) is 5.02. The molecule has 0 aromatic heterocycles. The van der Waals surface area contributed by atoms with Gasteiger partial charge in [0.05, 0.1) is 12.6 Å². The lowest BCUT2D eigenvalue weighted by atomic mass is 9.89. The molecule has 5 N–H and O–H groups in total. The van der Waals surface area contributed by atoms with Gasteiger partial charge in [-0.2, -0.15) is 0 Å². The molecule has 1 aliphatic rings. The van der Waals surface area contributed by atoms with E-state index in [2.05, 4.69) is 5.73 Å². The van der Waals surface area contributed by atoms with E-state index in [0.717, 1.165) is 28.7 Å². The molecule has 1 atom stereocenters. The molecule has 2 amide bonds. The summed E-state index contributed by atoms with van der Waals surface area (Å²) in [5.74, 6) is 0.00307. The molecule has 1 heterocycles. The van der Waals surface area contributed by atoms with Crippen molar-refractivity contribution in [2.75, 3.05) is 13.1 Å². The van der Waals surface area contributed by atoms with Crippen LogP contribution in [-0.4, -0.2) is 35.4 Å². The molecule has 0 radical (unpaired) electrons. The van der Waals surface area contributed by atoms with E-state index in [1.165, 1.54) is 0 Å². The first-order chi connectivity index (χ1) is 16.0. The van der Waals surface area contributed by atoms with E-state index in [-0.39, 0.29) is 25.0 Å². The molecule has 4 rings (SSSR count). The maximum atomic E-state index is 12.8. The molecule has 1 aliphatic heterocycles. The predicted molar refractivity (Wildman–Crippen MR) is 132 cm³/mol. The van der Waals surface area contributed by atoms with Crippen molar-refractivity contribution < 1.29 is 14.7 Å². The molecule has 0 saturated carbocycles. The highest BCUT2D eigenvalue weighted by Gasteiger charge is 2.33. The Hall–Kier alpha value is -2.90. The number of aliphatic hydroxyl groups is 1. The second kappa shape index (κ2) is 13.6. The van der Waals surface area contributed by atoms with Gasteiger partial charge in [0.2, 0.25) is 6.41 Å². The number of primary amides is 1. The number of rotatable bonds is 4.